The lowest BCUT2D eigenvalue weighted by molar-refractivity contribution is -0.123. The van der Waals surface area contributed by atoms with Gasteiger partial charge >= 0.3 is 0 Å². The van der Waals surface area contributed by atoms with Crippen molar-refractivity contribution in [2.75, 3.05) is 26.2 Å². The molecule has 0 bridgehead atoms. The van der Waals surface area contributed by atoms with Crippen LogP contribution >= 0.6 is 0 Å². The molecule has 2 aromatic rings. The van der Waals surface area contributed by atoms with Gasteiger partial charge in [-0.3, -0.25) is 9.69 Å². The number of nitrogens with zero attached hydrogens (tertiary/aromatic N) is 1. The molecular weight excluding hydrogens is 346 g/mol. The lowest BCUT2D eigenvalue weighted by Crippen LogP contribution is -2.39. The second kappa shape index (κ2) is 8.46. The molecule has 1 aliphatic heterocycles. The fraction of sp³-hybridized carbons (Fsp3) is 0.458. The molecule has 1 aliphatic carbocycles. The monoisotopic (exact) mass is 377 g/mol. The first-order valence-corrected chi connectivity index (χ1v) is 10.5. The molecule has 1 amide bonds. The van der Waals surface area contributed by atoms with Crippen molar-refractivity contribution in [1.82, 2.24) is 10.2 Å². The summed E-state index contributed by atoms with van der Waals surface area (Å²) in [7, 11) is 0. The van der Waals surface area contributed by atoms with E-state index in [-0.39, 0.29) is 11.9 Å². The third-order valence-corrected chi connectivity index (χ3v) is 6.26. The smallest absolute Gasteiger partial charge is 0.234 e. The van der Waals surface area contributed by atoms with Crippen molar-refractivity contribution in [3.8, 4) is 0 Å². The van der Waals surface area contributed by atoms with Crippen molar-refractivity contribution >= 4 is 5.91 Å². The third-order valence-electron chi connectivity index (χ3n) is 6.26. The molecule has 0 radical (unpaired) electrons. The van der Waals surface area contributed by atoms with Gasteiger partial charge in [0.2, 0.25) is 5.91 Å². The zero-order valence-electron chi connectivity index (χ0n) is 16.7. The van der Waals surface area contributed by atoms with Crippen LogP contribution in [0.25, 0.3) is 0 Å². The normalized spacial score (nSPS) is 23.5. The van der Waals surface area contributed by atoms with Crippen LogP contribution in [0.3, 0.4) is 0 Å². The van der Waals surface area contributed by atoms with Crippen LogP contribution in [0.1, 0.15) is 41.5 Å². The number of hydrogen-bond donors (Lipinski definition) is 2. The van der Waals surface area contributed by atoms with E-state index in [2.05, 4.69) is 65.7 Å². The van der Waals surface area contributed by atoms with Crippen molar-refractivity contribution in [2.45, 2.75) is 31.7 Å². The molecule has 3 atom stereocenters. The maximum Gasteiger partial charge on any atom is 0.234 e. The van der Waals surface area contributed by atoms with Crippen LogP contribution in [0.5, 0.6) is 0 Å². The summed E-state index contributed by atoms with van der Waals surface area (Å²) >= 11 is 0. The highest BCUT2D eigenvalue weighted by Crippen LogP contribution is 2.41. The van der Waals surface area contributed by atoms with E-state index in [1.807, 2.05) is 6.07 Å². The number of rotatable bonds is 7. The number of carbonyl (C=O) groups excluding carboxylic acids is 1. The van der Waals surface area contributed by atoms with Gasteiger partial charge in [-0.05, 0) is 49.3 Å². The van der Waals surface area contributed by atoms with Gasteiger partial charge in [-0.2, -0.15) is 0 Å². The molecule has 3 N–H and O–H groups in total. The molecule has 148 valence electrons. The first kappa shape index (κ1) is 19.2. The van der Waals surface area contributed by atoms with E-state index >= 15 is 0 Å². The van der Waals surface area contributed by atoms with Gasteiger partial charge in [0, 0.05) is 19.0 Å². The van der Waals surface area contributed by atoms with Crippen LogP contribution in [0.2, 0.25) is 0 Å². The molecule has 0 spiro atoms. The quantitative estimate of drug-likeness (QED) is 0.779. The minimum absolute atomic E-state index is 0.127. The van der Waals surface area contributed by atoms with E-state index in [0.29, 0.717) is 30.8 Å². The first-order chi connectivity index (χ1) is 13.6. The molecule has 4 rings (SSSR count). The Hall–Kier alpha value is -2.17. The van der Waals surface area contributed by atoms with Crippen LogP contribution in [-0.2, 0) is 4.79 Å². The van der Waals surface area contributed by atoms with E-state index in [1.165, 1.54) is 29.5 Å². The maximum atomic E-state index is 12.8. The fourth-order valence-corrected chi connectivity index (χ4v) is 4.51. The summed E-state index contributed by atoms with van der Waals surface area (Å²) in [5.41, 5.74) is 9.85. The molecule has 4 nitrogen and oxygen atoms in total. The van der Waals surface area contributed by atoms with Crippen molar-refractivity contribution in [2.24, 2.45) is 17.6 Å². The standard InChI is InChI=1S/C24H31N3O/c1-17-7-9-19(10-8-17)24(20-11-12-20)26-23(28)16-27-14-21(13-25)22(15-27)18-5-3-2-4-6-18/h2-10,20-22,24H,11-16,25H2,1H3,(H,26,28)/t21-,22+,24?/m1/s1. The van der Waals surface area contributed by atoms with Crippen LogP contribution in [0.4, 0.5) is 0 Å². The molecule has 1 heterocycles. The predicted molar refractivity (Wildman–Crippen MR) is 113 cm³/mol. The Kier molecular flexibility index (Phi) is 5.79. The molecule has 2 fully saturated rings. The molecule has 1 saturated heterocycles. The van der Waals surface area contributed by atoms with Gasteiger partial charge in [-0.1, -0.05) is 60.2 Å². The number of likely N-dealkylation sites (tertiary alicyclic amines) is 1. The molecular formula is C24H31N3O. The number of benzene rings is 2. The molecule has 2 aromatic carbocycles. The topological polar surface area (TPSA) is 58.4 Å². The average molecular weight is 378 g/mol. The largest absolute Gasteiger partial charge is 0.348 e. The van der Waals surface area contributed by atoms with Gasteiger partial charge in [0.15, 0.2) is 0 Å². The van der Waals surface area contributed by atoms with Crippen molar-refractivity contribution in [1.29, 1.82) is 0 Å². The minimum atomic E-state index is 0.127. The number of nitrogens with two attached hydrogens (primary N) is 1. The molecule has 28 heavy (non-hydrogen) atoms. The zero-order chi connectivity index (χ0) is 19.5. The van der Waals surface area contributed by atoms with Gasteiger partial charge in [-0.25, -0.2) is 0 Å². The Bertz CT molecular complexity index is 785. The summed E-state index contributed by atoms with van der Waals surface area (Å²) in [4.78, 5) is 15.1. The molecule has 1 unspecified atom stereocenters. The van der Waals surface area contributed by atoms with Gasteiger partial charge in [0.25, 0.3) is 0 Å². The summed E-state index contributed by atoms with van der Waals surface area (Å²) in [6.45, 7) is 5.00. The lowest BCUT2D eigenvalue weighted by Gasteiger charge is -2.22. The number of carbonyl (C=O) groups is 1. The van der Waals surface area contributed by atoms with E-state index in [9.17, 15) is 4.79 Å². The lowest BCUT2D eigenvalue weighted by atomic mass is 9.89. The van der Waals surface area contributed by atoms with Crippen LogP contribution < -0.4 is 11.1 Å². The summed E-state index contributed by atoms with van der Waals surface area (Å²) < 4.78 is 0. The Labute approximate surface area is 168 Å². The molecule has 4 heteroatoms. The number of aryl methyl sites for hydroxylation is 1. The van der Waals surface area contributed by atoms with E-state index in [4.69, 9.17) is 5.73 Å². The molecule has 1 saturated carbocycles. The maximum absolute atomic E-state index is 12.8. The van der Waals surface area contributed by atoms with Gasteiger partial charge < -0.3 is 11.1 Å². The Morgan fingerprint density at radius 3 is 2.46 bits per heavy atom. The van der Waals surface area contributed by atoms with Crippen LogP contribution in [0, 0.1) is 18.8 Å². The highest BCUT2D eigenvalue weighted by Gasteiger charge is 2.36. The van der Waals surface area contributed by atoms with E-state index in [1.54, 1.807) is 0 Å². The molecule has 0 aromatic heterocycles. The Morgan fingerprint density at radius 1 is 1.11 bits per heavy atom. The highest BCUT2D eigenvalue weighted by molar-refractivity contribution is 5.78. The van der Waals surface area contributed by atoms with Crippen molar-refractivity contribution < 1.29 is 4.79 Å². The Morgan fingerprint density at radius 2 is 1.82 bits per heavy atom. The first-order valence-electron chi connectivity index (χ1n) is 10.5. The van der Waals surface area contributed by atoms with Gasteiger partial charge in [0.1, 0.15) is 0 Å². The van der Waals surface area contributed by atoms with E-state index in [0.717, 1.165) is 13.1 Å². The van der Waals surface area contributed by atoms with Crippen molar-refractivity contribution in [3.05, 3.63) is 71.3 Å². The SMILES string of the molecule is Cc1ccc(C(NC(=O)CN2C[C@@H](CN)[C@H](c3ccccc3)C2)C2CC2)cc1. The fourth-order valence-electron chi connectivity index (χ4n) is 4.51. The minimum Gasteiger partial charge on any atom is -0.348 e. The Balaban J connectivity index is 1.38. The van der Waals surface area contributed by atoms with Gasteiger partial charge in [0.05, 0.1) is 12.6 Å². The summed E-state index contributed by atoms with van der Waals surface area (Å²) in [6, 6.07) is 19.3. The zero-order valence-corrected chi connectivity index (χ0v) is 16.7. The highest BCUT2D eigenvalue weighted by atomic mass is 16.2. The second-order valence-corrected chi connectivity index (χ2v) is 8.50. The van der Waals surface area contributed by atoms with E-state index < -0.39 is 0 Å². The number of hydrogen-bond acceptors (Lipinski definition) is 3. The second-order valence-electron chi connectivity index (χ2n) is 8.50. The summed E-state index contributed by atoms with van der Waals surface area (Å²) in [5, 5.41) is 3.32. The number of nitrogens with one attached hydrogen (secondary N) is 1. The number of amides is 1. The summed E-state index contributed by atoms with van der Waals surface area (Å²) in [5.74, 6) is 1.53. The third kappa shape index (κ3) is 4.45. The van der Waals surface area contributed by atoms with Gasteiger partial charge in [-0.15, -0.1) is 0 Å². The van der Waals surface area contributed by atoms with Crippen LogP contribution in [-0.4, -0.2) is 37.0 Å². The van der Waals surface area contributed by atoms with Crippen molar-refractivity contribution in [3.63, 3.8) is 0 Å². The molecule has 2 aliphatic rings. The average Bonchev–Trinajstić information content (AvgIpc) is 3.48. The summed E-state index contributed by atoms with van der Waals surface area (Å²) in [6.07, 6.45) is 2.40. The van der Waals surface area contributed by atoms with Crippen LogP contribution in [0.15, 0.2) is 54.6 Å². The predicted octanol–water partition coefficient (Wildman–Crippen LogP) is 3.24.